The second-order valence-corrected chi connectivity index (χ2v) is 5.49. The Morgan fingerprint density at radius 3 is 2.52 bits per heavy atom. The number of para-hydroxylation sites is 1. The van der Waals surface area contributed by atoms with E-state index in [4.69, 9.17) is 14.2 Å². The second-order valence-electron chi connectivity index (χ2n) is 5.49. The number of hydrogen-bond acceptors (Lipinski definition) is 5. The van der Waals surface area contributed by atoms with E-state index in [1.807, 2.05) is 0 Å². The zero-order chi connectivity index (χ0) is 19.8. The summed E-state index contributed by atoms with van der Waals surface area (Å²) in [6.45, 7) is 1.40. The normalized spacial score (nSPS) is 11.7. The first-order chi connectivity index (χ1) is 12.9. The summed E-state index contributed by atoms with van der Waals surface area (Å²) in [5.41, 5.74) is 0.624. The highest BCUT2D eigenvalue weighted by molar-refractivity contribution is 5.96. The number of hydrogen-bond donors (Lipinski definition) is 1. The monoisotopic (exact) mass is 373 g/mol. The molecule has 0 bridgehead atoms. The lowest BCUT2D eigenvalue weighted by Crippen LogP contribution is -2.29. The van der Waals surface area contributed by atoms with Gasteiger partial charge in [-0.25, -0.2) is 9.18 Å². The Labute approximate surface area is 156 Å². The molecule has 142 valence electrons. The number of rotatable bonds is 7. The molecule has 0 fully saturated rings. The van der Waals surface area contributed by atoms with Crippen LogP contribution in [0.15, 0.2) is 48.5 Å². The molecule has 0 aliphatic rings. The van der Waals surface area contributed by atoms with E-state index in [-0.39, 0.29) is 5.69 Å². The summed E-state index contributed by atoms with van der Waals surface area (Å²) in [6, 6.07) is 10.8. The third-order valence-electron chi connectivity index (χ3n) is 3.63. The van der Waals surface area contributed by atoms with Crippen LogP contribution in [0.25, 0.3) is 6.08 Å². The lowest BCUT2D eigenvalue weighted by molar-refractivity contribution is -0.148. The van der Waals surface area contributed by atoms with Crippen LogP contribution in [-0.2, 0) is 14.3 Å². The molecule has 0 radical (unpaired) electrons. The average molecular weight is 373 g/mol. The molecule has 0 aromatic heterocycles. The zero-order valence-electron chi connectivity index (χ0n) is 15.2. The summed E-state index contributed by atoms with van der Waals surface area (Å²) in [5.74, 6) is -0.794. The molecule has 0 spiro atoms. The van der Waals surface area contributed by atoms with Gasteiger partial charge >= 0.3 is 5.97 Å². The average Bonchev–Trinajstić information content (AvgIpc) is 2.67. The van der Waals surface area contributed by atoms with E-state index in [1.54, 1.807) is 24.3 Å². The van der Waals surface area contributed by atoms with Crippen molar-refractivity contribution in [3.05, 3.63) is 59.9 Å². The summed E-state index contributed by atoms with van der Waals surface area (Å²) in [4.78, 5) is 24.0. The Morgan fingerprint density at radius 2 is 1.85 bits per heavy atom. The molecule has 2 aromatic carbocycles. The van der Waals surface area contributed by atoms with E-state index in [2.05, 4.69) is 5.32 Å². The van der Waals surface area contributed by atoms with Gasteiger partial charge in [0, 0.05) is 11.6 Å². The van der Waals surface area contributed by atoms with Crippen LogP contribution in [0.3, 0.4) is 0 Å². The fraction of sp³-hybridized carbons (Fsp3) is 0.200. The molecular formula is C20H20FNO5. The summed E-state index contributed by atoms with van der Waals surface area (Å²) < 4.78 is 29.0. The molecule has 1 atom stereocenters. The number of benzene rings is 2. The predicted octanol–water partition coefficient (Wildman–Crippen LogP) is 3.43. The van der Waals surface area contributed by atoms with Gasteiger partial charge in [0.2, 0.25) is 0 Å². The third-order valence-corrected chi connectivity index (χ3v) is 3.63. The highest BCUT2D eigenvalue weighted by Crippen LogP contribution is 2.25. The SMILES string of the molecule is COc1ccc(OC)c(/C=C/C(=O)O[C@@H](C)C(=O)Nc2ccccc2F)c1. The second kappa shape index (κ2) is 9.38. The molecule has 27 heavy (non-hydrogen) atoms. The van der Waals surface area contributed by atoms with Gasteiger partial charge in [-0.3, -0.25) is 4.79 Å². The van der Waals surface area contributed by atoms with Crippen molar-refractivity contribution in [2.24, 2.45) is 0 Å². The minimum Gasteiger partial charge on any atom is -0.497 e. The maximum atomic E-state index is 13.6. The Balaban J connectivity index is 1.99. The lowest BCUT2D eigenvalue weighted by atomic mass is 10.1. The number of carbonyl (C=O) groups excluding carboxylic acids is 2. The van der Waals surface area contributed by atoms with E-state index >= 15 is 0 Å². The molecule has 0 unspecified atom stereocenters. The molecule has 1 N–H and O–H groups in total. The fourth-order valence-corrected chi connectivity index (χ4v) is 2.19. The largest absolute Gasteiger partial charge is 0.497 e. The number of ether oxygens (including phenoxy) is 3. The van der Waals surface area contributed by atoms with Gasteiger partial charge in [-0.1, -0.05) is 12.1 Å². The van der Waals surface area contributed by atoms with Crippen molar-refractivity contribution in [2.45, 2.75) is 13.0 Å². The number of esters is 1. The molecule has 0 aliphatic heterocycles. The fourth-order valence-electron chi connectivity index (χ4n) is 2.19. The van der Waals surface area contributed by atoms with E-state index < -0.39 is 23.8 Å². The standard InChI is InChI=1S/C20H20FNO5/c1-13(20(24)22-17-7-5-4-6-16(17)21)27-19(23)11-8-14-12-15(25-2)9-10-18(14)26-3/h4-13H,1-3H3,(H,22,24)/b11-8+/t13-/m0/s1. The van der Waals surface area contributed by atoms with Crippen LogP contribution in [0, 0.1) is 5.82 Å². The van der Waals surface area contributed by atoms with Crippen LogP contribution in [0.4, 0.5) is 10.1 Å². The molecule has 0 saturated carbocycles. The van der Waals surface area contributed by atoms with E-state index in [0.717, 1.165) is 0 Å². The molecule has 0 saturated heterocycles. The van der Waals surface area contributed by atoms with Crippen molar-refractivity contribution in [1.82, 2.24) is 0 Å². The van der Waals surface area contributed by atoms with Crippen molar-refractivity contribution < 1.29 is 28.2 Å². The molecule has 7 heteroatoms. The number of methoxy groups -OCH3 is 2. The summed E-state index contributed by atoms with van der Waals surface area (Å²) >= 11 is 0. The van der Waals surface area contributed by atoms with Gasteiger partial charge in [-0.05, 0) is 43.3 Å². The van der Waals surface area contributed by atoms with E-state index in [9.17, 15) is 14.0 Å². The Morgan fingerprint density at radius 1 is 1.11 bits per heavy atom. The van der Waals surface area contributed by atoms with Gasteiger partial charge in [0.05, 0.1) is 19.9 Å². The highest BCUT2D eigenvalue weighted by Gasteiger charge is 2.18. The Kier molecular flexibility index (Phi) is 6.93. The first kappa shape index (κ1) is 20.0. The van der Waals surface area contributed by atoms with Crippen LogP contribution in [0.5, 0.6) is 11.5 Å². The molecular weight excluding hydrogens is 353 g/mol. The van der Waals surface area contributed by atoms with Gasteiger partial charge < -0.3 is 19.5 Å². The Hall–Kier alpha value is -3.35. The molecule has 1 amide bonds. The summed E-state index contributed by atoms with van der Waals surface area (Å²) in [7, 11) is 3.03. The highest BCUT2D eigenvalue weighted by atomic mass is 19.1. The minimum atomic E-state index is -1.10. The number of anilines is 1. The quantitative estimate of drug-likeness (QED) is 0.595. The van der Waals surface area contributed by atoms with Crippen LogP contribution < -0.4 is 14.8 Å². The molecule has 2 aromatic rings. The van der Waals surface area contributed by atoms with Crippen LogP contribution in [0.1, 0.15) is 12.5 Å². The first-order valence-electron chi connectivity index (χ1n) is 8.10. The van der Waals surface area contributed by atoms with Gasteiger partial charge in [0.1, 0.15) is 17.3 Å². The van der Waals surface area contributed by atoms with Crippen molar-refractivity contribution in [3.8, 4) is 11.5 Å². The molecule has 2 rings (SSSR count). The van der Waals surface area contributed by atoms with Gasteiger partial charge in [0.25, 0.3) is 5.91 Å². The third kappa shape index (κ3) is 5.57. The van der Waals surface area contributed by atoms with E-state index in [1.165, 1.54) is 51.5 Å². The van der Waals surface area contributed by atoms with Crippen molar-refractivity contribution in [1.29, 1.82) is 0 Å². The lowest BCUT2D eigenvalue weighted by Gasteiger charge is -2.13. The van der Waals surface area contributed by atoms with Crippen molar-refractivity contribution >= 4 is 23.6 Å². The molecule has 6 nitrogen and oxygen atoms in total. The summed E-state index contributed by atoms with van der Waals surface area (Å²) in [5, 5.41) is 2.37. The Bertz CT molecular complexity index is 850. The minimum absolute atomic E-state index is 0.0158. The number of nitrogens with one attached hydrogen (secondary N) is 1. The van der Waals surface area contributed by atoms with Crippen LogP contribution in [0.2, 0.25) is 0 Å². The van der Waals surface area contributed by atoms with E-state index in [0.29, 0.717) is 17.1 Å². The predicted molar refractivity (Wildman–Crippen MR) is 99.2 cm³/mol. The van der Waals surface area contributed by atoms with Gasteiger partial charge in [0.15, 0.2) is 6.10 Å². The maximum Gasteiger partial charge on any atom is 0.331 e. The van der Waals surface area contributed by atoms with Crippen LogP contribution >= 0.6 is 0 Å². The number of amides is 1. The summed E-state index contributed by atoms with van der Waals surface area (Å²) in [6.07, 6.45) is 1.56. The zero-order valence-corrected chi connectivity index (χ0v) is 15.2. The van der Waals surface area contributed by atoms with Gasteiger partial charge in [-0.2, -0.15) is 0 Å². The topological polar surface area (TPSA) is 73.9 Å². The number of halogens is 1. The van der Waals surface area contributed by atoms with Crippen LogP contribution in [-0.4, -0.2) is 32.2 Å². The molecule has 0 aliphatic carbocycles. The van der Waals surface area contributed by atoms with Gasteiger partial charge in [-0.15, -0.1) is 0 Å². The first-order valence-corrected chi connectivity index (χ1v) is 8.10. The van der Waals surface area contributed by atoms with Crippen molar-refractivity contribution in [3.63, 3.8) is 0 Å². The smallest absolute Gasteiger partial charge is 0.331 e. The number of carbonyl (C=O) groups is 2. The molecule has 0 heterocycles. The van der Waals surface area contributed by atoms with Crippen molar-refractivity contribution in [2.75, 3.05) is 19.5 Å². The maximum absolute atomic E-state index is 13.6.